The molecule has 1 saturated heterocycles. The quantitative estimate of drug-likeness (QED) is 0.841. The maximum absolute atomic E-state index is 6.29. The molecule has 0 radical (unpaired) electrons. The summed E-state index contributed by atoms with van der Waals surface area (Å²) in [7, 11) is 0. The molecule has 1 fully saturated rings. The number of hydrogen-bond acceptors (Lipinski definition) is 1. The van der Waals surface area contributed by atoms with E-state index in [1.54, 1.807) is 4.90 Å². The molecule has 1 aromatic rings. The van der Waals surface area contributed by atoms with Crippen LogP contribution >= 0.6 is 11.6 Å². The van der Waals surface area contributed by atoms with Crippen LogP contribution in [0.25, 0.3) is 0 Å². The number of para-hydroxylation sites is 1. The second-order valence-electron chi connectivity index (χ2n) is 6.04. The number of rotatable bonds is 3. The Labute approximate surface area is 127 Å². The minimum atomic E-state index is 0.883. The maximum Gasteiger partial charge on any atom is 0.0949 e. The predicted octanol–water partition coefficient (Wildman–Crippen LogP) is 2.40. The molecule has 1 aliphatic carbocycles. The molecule has 3 heteroatoms. The van der Waals surface area contributed by atoms with E-state index < -0.39 is 0 Å². The second-order valence-corrected chi connectivity index (χ2v) is 6.45. The molecule has 1 heterocycles. The fourth-order valence-corrected chi connectivity index (χ4v) is 3.68. The number of nitrogens with zero attached hydrogens (tertiary/aromatic N) is 1. The summed E-state index contributed by atoms with van der Waals surface area (Å²) in [6, 6.07) is 8.21. The zero-order valence-electron chi connectivity index (χ0n) is 12.0. The molecule has 1 N–H and O–H groups in total. The van der Waals surface area contributed by atoms with Crippen molar-refractivity contribution in [2.45, 2.75) is 19.3 Å². The molecule has 2 nitrogen and oxygen atoms in total. The third kappa shape index (κ3) is 3.36. The molecule has 3 rings (SSSR count). The first-order valence-corrected chi connectivity index (χ1v) is 8.19. The predicted molar refractivity (Wildman–Crippen MR) is 85.7 cm³/mol. The third-order valence-corrected chi connectivity index (χ3v) is 4.94. The summed E-state index contributed by atoms with van der Waals surface area (Å²) in [5.41, 5.74) is 1.20. The fourth-order valence-electron chi connectivity index (χ4n) is 3.43. The molecule has 108 valence electrons. The van der Waals surface area contributed by atoms with E-state index >= 15 is 0 Å². The molecule has 20 heavy (non-hydrogen) atoms. The van der Waals surface area contributed by atoms with Crippen molar-refractivity contribution in [3.05, 3.63) is 41.4 Å². The normalized spacial score (nSPS) is 24.1. The van der Waals surface area contributed by atoms with Gasteiger partial charge in [0.15, 0.2) is 0 Å². The summed E-state index contributed by atoms with van der Waals surface area (Å²) in [6.07, 6.45) is 8.66. The van der Waals surface area contributed by atoms with Crippen molar-refractivity contribution < 1.29 is 4.90 Å². The van der Waals surface area contributed by atoms with Crippen molar-refractivity contribution >= 4 is 17.3 Å². The van der Waals surface area contributed by atoms with Crippen molar-refractivity contribution in [2.75, 3.05) is 37.6 Å². The number of benzene rings is 1. The molecule has 0 saturated carbocycles. The van der Waals surface area contributed by atoms with Gasteiger partial charge in [0, 0.05) is 5.92 Å². The highest BCUT2D eigenvalue weighted by molar-refractivity contribution is 6.33. The van der Waals surface area contributed by atoms with Crippen LogP contribution in [0.15, 0.2) is 36.4 Å². The van der Waals surface area contributed by atoms with Gasteiger partial charge in [-0.1, -0.05) is 35.9 Å². The van der Waals surface area contributed by atoms with Crippen LogP contribution in [0.3, 0.4) is 0 Å². The molecule has 1 atom stereocenters. The summed E-state index contributed by atoms with van der Waals surface area (Å²) >= 11 is 6.29. The van der Waals surface area contributed by atoms with Gasteiger partial charge in [-0.15, -0.1) is 0 Å². The standard InChI is InChI=1S/C17H23ClN2/c18-16-8-4-5-9-17(16)20-12-10-19(11-13-20)14-15-6-2-1-3-7-15/h1-2,4-5,8-9,15H,3,6-7,10-14H2/p+1/t15-/m0/s1. The van der Waals surface area contributed by atoms with Crippen molar-refractivity contribution in [1.29, 1.82) is 0 Å². The van der Waals surface area contributed by atoms with Crippen molar-refractivity contribution in [1.82, 2.24) is 0 Å². The lowest BCUT2D eigenvalue weighted by Gasteiger charge is -2.35. The summed E-state index contributed by atoms with van der Waals surface area (Å²) in [5, 5.41) is 0.883. The molecule has 1 aliphatic heterocycles. The maximum atomic E-state index is 6.29. The molecule has 2 aliphatic rings. The van der Waals surface area contributed by atoms with Crippen LogP contribution in [-0.4, -0.2) is 32.7 Å². The minimum absolute atomic E-state index is 0.883. The summed E-state index contributed by atoms with van der Waals surface area (Å²) in [5.74, 6) is 0.905. The average molecular weight is 292 g/mol. The van der Waals surface area contributed by atoms with E-state index in [1.807, 2.05) is 12.1 Å². The molecule has 0 spiro atoms. The first kappa shape index (κ1) is 14.0. The first-order valence-electron chi connectivity index (χ1n) is 7.81. The minimum Gasteiger partial charge on any atom is -0.359 e. The van der Waals surface area contributed by atoms with Crippen LogP contribution in [0.2, 0.25) is 5.02 Å². The van der Waals surface area contributed by atoms with Crippen molar-refractivity contribution in [2.24, 2.45) is 5.92 Å². The van der Waals surface area contributed by atoms with Crippen LogP contribution in [0, 0.1) is 5.92 Å². The van der Waals surface area contributed by atoms with Gasteiger partial charge in [-0.05, 0) is 31.4 Å². The molecular formula is C17H24ClN2+. The van der Waals surface area contributed by atoms with Gasteiger partial charge in [-0.25, -0.2) is 0 Å². The molecule has 1 aromatic carbocycles. The lowest BCUT2D eigenvalue weighted by Crippen LogP contribution is -3.15. The average Bonchev–Trinajstić information content (AvgIpc) is 2.50. The second kappa shape index (κ2) is 6.64. The largest absolute Gasteiger partial charge is 0.359 e. The number of allylic oxidation sites excluding steroid dienone is 2. The summed E-state index contributed by atoms with van der Waals surface area (Å²) < 4.78 is 0. The Kier molecular flexibility index (Phi) is 4.64. The number of nitrogens with one attached hydrogen (secondary N) is 1. The highest BCUT2D eigenvalue weighted by Gasteiger charge is 2.24. The lowest BCUT2D eigenvalue weighted by molar-refractivity contribution is -0.904. The van der Waals surface area contributed by atoms with E-state index in [0.717, 1.165) is 24.0 Å². The Hall–Kier alpha value is -0.990. The monoisotopic (exact) mass is 291 g/mol. The van der Waals surface area contributed by atoms with E-state index in [0.29, 0.717) is 0 Å². The van der Waals surface area contributed by atoms with E-state index in [4.69, 9.17) is 11.6 Å². The Morgan fingerprint density at radius 1 is 1.15 bits per heavy atom. The number of anilines is 1. The van der Waals surface area contributed by atoms with Gasteiger partial charge in [-0.2, -0.15) is 0 Å². The highest BCUT2D eigenvalue weighted by atomic mass is 35.5. The zero-order valence-corrected chi connectivity index (χ0v) is 12.8. The molecule has 0 bridgehead atoms. The van der Waals surface area contributed by atoms with Crippen LogP contribution in [0.5, 0.6) is 0 Å². The van der Waals surface area contributed by atoms with Crippen LogP contribution in [-0.2, 0) is 0 Å². The molecule has 0 unspecified atom stereocenters. The van der Waals surface area contributed by atoms with Crippen LogP contribution in [0.1, 0.15) is 19.3 Å². The van der Waals surface area contributed by atoms with Gasteiger partial charge in [0.2, 0.25) is 0 Å². The number of hydrogen-bond donors (Lipinski definition) is 1. The van der Waals surface area contributed by atoms with E-state index in [9.17, 15) is 0 Å². The Balaban J connectivity index is 1.52. The molecule has 0 aromatic heterocycles. The Morgan fingerprint density at radius 2 is 1.95 bits per heavy atom. The first-order chi connectivity index (χ1) is 9.83. The van der Waals surface area contributed by atoms with Gasteiger partial charge < -0.3 is 9.80 Å². The van der Waals surface area contributed by atoms with Gasteiger partial charge in [0.1, 0.15) is 0 Å². The number of quaternary nitrogens is 1. The Morgan fingerprint density at radius 3 is 2.65 bits per heavy atom. The van der Waals surface area contributed by atoms with E-state index in [1.165, 1.54) is 44.6 Å². The van der Waals surface area contributed by atoms with Gasteiger partial charge in [-0.3, -0.25) is 0 Å². The van der Waals surface area contributed by atoms with Crippen LogP contribution < -0.4 is 9.80 Å². The number of halogens is 1. The van der Waals surface area contributed by atoms with Crippen LogP contribution in [0.4, 0.5) is 5.69 Å². The SMILES string of the molecule is Clc1ccccc1N1CC[NH+](C[C@H]2CC=CCC2)CC1. The Bertz CT molecular complexity index is 464. The van der Waals surface area contributed by atoms with Gasteiger partial charge >= 0.3 is 0 Å². The van der Waals surface area contributed by atoms with Crippen molar-refractivity contribution in [3.8, 4) is 0 Å². The van der Waals surface area contributed by atoms with E-state index in [2.05, 4.69) is 29.2 Å². The highest BCUT2D eigenvalue weighted by Crippen LogP contribution is 2.25. The topological polar surface area (TPSA) is 7.68 Å². The lowest BCUT2D eigenvalue weighted by atomic mass is 9.94. The van der Waals surface area contributed by atoms with Crippen molar-refractivity contribution in [3.63, 3.8) is 0 Å². The smallest absolute Gasteiger partial charge is 0.0949 e. The molecular weight excluding hydrogens is 268 g/mol. The third-order valence-electron chi connectivity index (χ3n) is 4.62. The zero-order chi connectivity index (χ0) is 13.8. The summed E-state index contributed by atoms with van der Waals surface area (Å²) in [6.45, 7) is 6.08. The van der Waals surface area contributed by atoms with E-state index in [-0.39, 0.29) is 0 Å². The number of piperazine rings is 1. The van der Waals surface area contributed by atoms with Gasteiger partial charge in [0.05, 0.1) is 43.4 Å². The summed E-state index contributed by atoms with van der Waals surface area (Å²) in [4.78, 5) is 4.21. The van der Waals surface area contributed by atoms with Gasteiger partial charge in [0.25, 0.3) is 0 Å². The molecule has 0 amide bonds. The fraction of sp³-hybridized carbons (Fsp3) is 0.529.